The molecule has 0 spiro atoms. The average molecular weight is 169 g/mol. The molecule has 0 bridgehead atoms. The summed E-state index contributed by atoms with van der Waals surface area (Å²) >= 11 is 0. The Labute approximate surface area is 72.5 Å². The van der Waals surface area contributed by atoms with E-state index in [-0.39, 0.29) is 0 Å². The van der Waals surface area contributed by atoms with Gasteiger partial charge in [0, 0.05) is 12.1 Å². The Morgan fingerprint density at radius 3 is 2.83 bits per heavy atom. The van der Waals surface area contributed by atoms with E-state index in [1.807, 2.05) is 0 Å². The summed E-state index contributed by atoms with van der Waals surface area (Å²) in [5.74, 6) is 0.0201. The largest absolute Gasteiger partial charge is 0.478 e. The quantitative estimate of drug-likeness (QED) is 0.477. The molecule has 2 N–H and O–H groups in total. The smallest absolute Gasteiger partial charge is 0.330 e. The molecule has 1 aliphatic carbocycles. The van der Waals surface area contributed by atoms with Gasteiger partial charge in [-0.25, -0.2) is 4.79 Å². The molecule has 0 aromatic heterocycles. The van der Waals surface area contributed by atoms with Gasteiger partial charge in [0.2, 0.25) is 0 Å². The number of carboxylic acid groups (broad SMARTS) is 1. The van der Waals surface area contributed by atoms with Crippen LogP contribution < -0.4 is 5.32 Å². The molecule has 0 aromatic carbocycles. The minimum atomic E-state index is -0.830. The van der Waals surface area contributed by atoms with E-state index in [1.54, 1.807) is 13.0 Å². The number of nitrogens with one attached hydrogen (secondary N) is 1. The van der Waals surface area contributed by atoms with E-state index in [0.717, 1.165) is 12.5 Å². The Morgan fingerprint density at radius 1 is 1.67 bits per heavy atom. The molecule has 0 radical (unpaired) electrons. The van der Waals surface area contributed by atoms with Crippen LogP contribution in [0.4, 0.5) is 0 Å². The molecule has 0 heterocycles. The number of carboxylic acids is 1. The van der Waals surface area contributed by atoms with Gasteiger partial charge in [0.1, 0.15) is 0 Å². The molecule has 68 valence electrons. The molecule has 0 saturated heterocycles. The van der Waals surface area contributed by atoms with E-state index < -0.39 is 5.97 Å². The van der Waals surface area contributed by atoms with Crippen LogP contribution in [0.2, 0.25) is 0 Å². The van der Waals surface area contributed by atoms with Gasteiger partial charge in [0.15, 0.2) is 0 Å². The third-order valence-corrected chi connectivity index (χ3v) is 2.02. The van der Waals surface area contributed by atoms with Crippen molar-refractivity contribution in [3.8, 4) is 0 Å². The first kappa shape index (κ1) is 9.26. The Bertz CT molecular complexity index is 195. The highest BCUT2D eigenvalue weighted by molar-refractivity contribution is 5.85. The predicted octanol–water partition coefficient (Wildman–Crippen LogP) is 1.02. The topological polar surface area (TPSA) is 49.3 Å². The van der Waals surface area contributed by atoms with E-state index in [0.29, 0.717) is 12.1 Å². The zero-order chi connectivity index (χ0) is 8.97. The summed E-state index contributed by atoms with van der Waals surface area (Å²) in [6.45, 7) is 3.32. The summed E-state index contributed by atoms with van der Waals surface area (Å²) in [6, 6.07) is 0. The summed E-state index contributed by atoms with van der Waals surface area (Å²) in [4.78, 5) is 10.3. The maximum Gasteiger partial charge on any atom is 0.330 e. The molecule has 0 atom stereocenters. The van der Waals surface area contributed by atoms with Gasteiger partial charge in [0.25, 0.3) is 0 Å². The predicted molar refractivity (Wildman–Crippen MR) is 47.0 cm³/mol. The summed E-state index contributed by atoms with van der Waals surface area (Å²) in [7, 11) is 0. The molecule has 1 aliphatic rings. The van der Waals surface area contributed by atoms with E-state index in [2.05, 4.69) is 5.32 Å². The summed E-state index contributed by atoms with van der Waals surface area (Å²) in [5, 5.41) is 11.7. The number of rotatable bonds is 5. The van der Waals surface area contributed by atoms with Crippen molar-refractivity contribution >= 4 is 5.97 Å². The number of carbonyl (C=O) groups is 1. The van der Waals surface area contributed by atoms with Crippen LogP contribution in [0.15, 0.2) is 11.6 Å². The van der Waals surface area contributed by atoms with Gasteiger partial charge in [-0.05, 0) is 32.2 Å². The highest BCUT2D eigenvalue weighted by Crippen LogP contribution is 2.27. The highest BCUT2D eigenvalue weighted by atomic mass is 16.4. The van der Waals surface area contributed by atoms with Crippen molar-refractivity contribution in [2.45, 2.75) is 19.8 Å². The third kappa shape index (κ3) is 3.53. The highest BCUT2D eigenvalue weighted by Gasteiger charge is 2.19. The molecule has 0 amide bonds. The maximum atomic E-state index is 10.3. The molecule has 1 fully saturated rings. The van der Waals surface area contributed by atoms with Gasteiger partial charge in [-0.1, -0.05) is 6.08 Å². The second kappa shape index (κ2) is 4.26. The van der Waals surface area contributed by atoms with Crippen molar-refractivity contribution in [3.63, 3.8) is 0 Å². The van der Waals surface area contributed by atoms with Crippen LogP contribution >= 0.6 is 0 Å². The molecule has 1 rings (SSSR count). The van der Waals surface area contributed by atoms with Crippen molar-refractivity contribution in [1.29, 1.82) is 0 Å². The molecule has 0 aromatic rings. The van der Waals surface area contributed by atoms with Crippen molar-refractivity contribution in [2.75, 3.05) is 13.1 Å². The molecular weight excluding hydrogens is 154 g/mol. The van der Waals surface area contributed by atoms with E-state index in [9.17, 15) is 4.79 Å². The van der Waals surface area contributed by atoms with Crippen molar-refractivity contribution in [1.82, 2.24) is 5.32 Å². The SMILES string of the molecule is CC(=CCNCC1CC1)C(=O)O. The molecule has 3 heteroatoms. The molecule has 3 nitrogen and oxygen atoms in total. The van der Waals surface area contributed by atoms with Crippen LogP contribution in [-0.4, -0.2) is 24.2 Å². The second-order valence-electron chi connectivity index (χ2n) is 3.29. The van der Waals surface area contributed by atoms with Crippen LogP contribution in [-0.2, 0) is 4.79 Å². The lowest BCUT2D eigenvalue weighted by Crippen LogP contribution is -2.17. The van der Waals surface area contributed by atoms with E-state index >= 15 is 0 Å². The van der Waals surface area contributed by atoms with Gasteiger partial charge >= 0.3 is 5.97 Å². The standard InChI is InChI=1S/C9H15NO2/c1-7(9(11)12)4-5-10-6-8-2-3-8/h4,8,10H,2-3,5-6H2,1H3,(H,11,12). The molecule has 12 heavy (non-hydrogen) atoms. The normalized spacial score (nSPS) is 17.9. The zero-order valence-electron chi connectivity index (χ0n) is 7.34. The number of aliphatic carboxylic acids is 1. The molecule has 0 aliphatic heterocycles. The fourth-order valence-electron chi connectivity index (χ4n) is 0.922. The monoisotopic (exact) mass is 169 g/mol. The number of hydrogen-bond acceptors (Lipinski definition) is 2. The minimum absolute atomic E-state index is 0.415. The average Bonchev–Trinajstić information content (AvgIpc) is 2.80. The van der Waals surface area contributed by atoms with E-state index in [1.165, 1.54) is 12.8 Å². The second-order valence-corrected chi connectivity index (χ2v) is 3.29. The third-order valence-electron chi connectivity index (χ3n) is 2.02. The summed E-state index contributed by atoms with van der Waals surface area (Å²) in [5.41, 5.74) is 0.415. The first-order chi connectivity index (χ1) is 5.70. The van der Waals surface area contributed by atoms with Gasteiger partial charge in [-0.3, -0.25) is 0 Å². The molecule has 0 unspecified atom stereocenters. The zero-order valence-corrected chi connectivity index (χ0v) is 7.34. The Kier molecular flexibility index (Phi) is 3.29. The molecular formula is C9H15NO2. The fraction of sp³-hybridized carbons (Fsp3) is 0.667. The lowest BCUT2D eigenvalue weighted by Gasteiger charge is -1.98. The summed E-state index contributed by atoms with van der Waals surface area (Å²) in [6.07, 6.45) is 4.37. The fourth-order valence-corrected chi connectivity index (χ4v) is 0.922. The van der Waals surface area contributed by atoms with Crippen molar-refractivity contribution < 1.29 is 9.90 Å². The van der Waals surface area contributed by atoms with Crippen LogP contribution in [0.1, 0.15) is 19.8 Å². The van der Waals surface area contributed by atoms with E-state index in [4.69, 9.17) is 5.11 Å². The summed E-state index contributed by atoms with van der Waals surface area (Å²) < 4.78 is 0. The Balaban J connectivity index is 2.05. The molecule has 1 saturated carbocycles. The van der Waals surface area contributed by atoms with Crippen LogP contribution in [0.5, 0.6) is 0 Å². The minimum Gasteiger partial charge on any atom is -0.478 e. The van der Waals surface area contributed by atoms with Gasteiger partial charge < -0.3 is 10.4 Å². The van der Waals surface area contributed by atoms with Crippen molar-refractivity contribution in [3.05, 3.63) is 11.6 Å². The first-order valence-corrected chi connectivity index (χ1v) is 4.31. The first-order valence-electron chi connectivity index (χ1n) is 4.31. The Morgan fingerprint density at radius 2 is 2.33 bits per heavy atom. The lowest BCUT2D eigenvalue weighted by molar-refractivity contribution is -0.132. The van der Waals surface area contributed by atoms with Crippen LogP contribution in [0.3, 0.4) is 0 Å². The van der Waals surface area contributed by atoms with Gasteiger partial charge in [0.05, 0.1) is 0 Å². The van der Waals surface area contributed by atoms with Crippen molar-refractivity contribution in [2.24, 2.45) is 5.92 Å². The lowest BCUT2D eigenvalue weighted by atomic mass is 10.3. The number of hydrogen-bond donors (Lipinski definition) is 2. The van der Waals surface area contributed by atoms with Gasteiger partial charge in [-0.15, -0.1) is 0 Å². The Hall–Kier alpha value is -0.830. The van der Waals surface area contributed by atoms with Gasteiger partial charge in [-0.2, -0.15) is 0 Å². The van der Waals surface area contributed by atoms with Crippen LogP contribution in [0.25, 0.3) is 0 Å². The van der Waals surface area contributed by atoms with Crippen LogP contribution in [0, 0.1) is 5.92 Å². The maximum absolute atomic E-state index is 10.3.